The van der Waals surface area contributed by atoms with Gasteiger partial charge in [0.2, 0.25) is 12.3 Å². The average Bonchev–Trinajstić information content (AvgIpc) is 3.01. The molecule has 4 rings (SSSR count). The van der Waals surface area contributed by atoms with Crippen LogP contribution in [0.3, 0.4) is 0 Å². The van der Waals surface area contributed by atoms with Crippen LogP contribution in [0.25, 0.3) is 10.8 Å². The van der Waals surface area contributed by atoms with Gasteiger partial charge in [0, 0.05) is 28.2 Å². The summed E-state index contributed by atoms with van der Waals surface area (Å²) >= 11 is 3.53. The Labute approximate surface area is 254 Å². The third-order valence-electron chi connectivity index (χ3n) is 7.15. The lowest BCUT2D eigenvalue weighted by Crippen LogP contribution is -2.49. The molecule has 9 heteroatoms. The van der Waals surface area contributed by atoms with Gasteiger partial charge in [-0.3, -0.25) is 14.4 Å². The van der Waals surface area contributed by atoms with Gasteiger partial charge in [-0.05, 0) is 74.1 Å². The van der Waals surface area contributed by atoms with Crippen LogP contribution in [0.1, 0.15) is 29.8 Å². The number of carbonyl (C=O) groups excluding carboxylic acids is 3. The third-order valence-corrected chi connectivity index (χ3v) is 7.64. The van der Waals surface area contributed by atoms with Crippen LogP contribution in [0.2, 0.25) is 0 Å². The van der Waals surface area contributed by atoms with Crippen LogP contribution in [-0.2, 0) is 16.1 Å². The number of nitrogens with zero attached hydrogens (tertiary/aromatic N) is 2. The van der Waals surface area contributed by atoms with Crippen LogP contribution in [0.4, 0.5) is 11.4 Å². The summed E-state index contributed by atoms with van der Waals surface area (Å²) in [4.78, 5) is 42.5. The first-order valence-electron chi connectivity index (χ1n) is 13.7. The molecule has 0 fully saturated rings. The molecule has 42 heavy (non-hydrogen) atoms. The molecule has 0 spiro atoms. The number of carbonyl (C=O) groups is 3. The summed E-state index contributed by atoms with van der Waals surface area (Å²) in [6.45, 7) is 4.02. The van der Waals surface area contributed by atoms with Gasteiger partial charge >= 0.3 is 0 Å². The lowest BCUT2D eigenvalue weighted by Gasteiger charge is -2.31. The molecule has 0 saturated heterocycles. The summed E-state index contributed by atoms with van der Waals surface area (Å²) in [5, 5.41) is 7.87. The zero-order chi connectivity index (χ0) is 30.2. The van der Waals surface area contributed by atoms with Crippen molar-refractivity contribution in [1.82, 2.24) is 10.6 Å². The number of fused-ring (bicyclic) bond motifs is 1. The molecule has 0 aliphatic heterocycles. The molecular weight excluding hydrogens is 596 g/mol. The van der Waals surface area contributed by atoms with Crippen LogP contribution in [0.15, 0.2) is 89.4 Å². The van der Waals surface area contributed by atoms with Crippen molar-refractivity contribution in [3.63, 3.8) is 0 Å². The quantitative estimate of drug-likeness (QED) is 0.201. The van der Waals surface area contributed by atoms with Gasteiger partial charge in [-0.1, -0.05) is 58.4 Å². The second-order valence-electron chi connectivity index (χ2n) is 10.0. The Morgan fingerprint density at radius 2 is 1.64 bits per heavy atom. The zero-order valence-electron chi connectivity index (χ0n) is 24.1. The van der Waals surface area contributed by atoms with E-state index in [4.69, 9.17) is 4.74 Å². The smallest absolute Gasteiger partial charge is 0.258 e. The van der Waals surface area contributed by atoms with Crippen molar-refractivity contribution in [1.29, 1.82) is 0 Å². The SMILES string of the molecule is CN[C@@H](C)C(=O)NC(C)CN(C(=O)c1ccccc1)c1ccccc1N(C=O)Cc1c(OC)ccc2cc(Br)ccc12. The minimum atomic E-state index is -0.389. The maximum absolute atomic E-state index is 14.0. The second kappa shape index (κ2) is 14.1. The molecule has 3 amide bonds. The Balaban J connectivity index is 1.76. The van der Waals surface area contributed by atoms with Gasteiger partial charge in [0.15, 0.2) is 0 Å². The van der Waals surface area contributed by atoms with E-state index < -0.39 is 0 Å². The fourth-order valence-electron chi connectivity index (χ4n) is 4.83. The Bertz CT molecular complexity index is 1560. The predicted molar refractivity (Wildman–Crippen MR) is 171 cm³/mol. The number of hydrogen-bond acceptors (Lipinski definition) is 5. The van der Waals surface area contributed by atoms with Gasteiger partial charge in [0.25, 0.3) is 5.91 Å². The van der Waals surface area contributed by atoms with Crippen molar-refractivity contribution in [2.24, 2.45) is 0 Å². The van der Waals surface area contributed by atoms with E-state index in [1.54, 1.807) is 55.1 Å². The fraction of sp³-hybridized carbons (Fsp3) is 0.242. The first-order valence-corrected chi connectivity index (χ1v) is 14.5. The standard InChI is InChI=1S/C33H35BrN4O4/c1-22(36-32(40)23(2)35-3)19-38(33(41)24-10-6-5-7-11-24)30-13-9-8-12-29(30)37(21-39)20-28-27-16-15-26(34)18-25(27)14-17-31(28)42-4/h5-18,21-23,35H,19-20H2,1-4H3,(H,36,40)/t22?,23-/m0/s1. The van der Waals surface area contributed by atoms with Crippen LogP contribution in [0, 0.1) is 0 Å². The van der Waals surface area contributed by atoms with Crippen molar-refractivity contribution in [2.75, 3.05) is 30.5 Å². The highest BCUT2D eigenvalue weighted by Crippen LogP contribution is 2.35. The molecule has 0 aliphatic carbocycles. The van der Waals surface area contributed by atoms with Crippen molar-refractivity contribution in [2.45, 2.75) is 32.5 Å². The molecule has 0 bridgehead atoms. The van der Waals surface area contributed by atoms with E-state index in [1.807, 2.05) is 67.6 Å². The molecule has 0 heterocycles. The molecule has 8 nitrogen and oxygen atoms in total. The van der Waals surface area contributed by atoms with Crippen LogP contribution in [-0.4, -0.2) is 51.0 Å². The largest absolute Gasteiger partial charge is 0.496 e. The molecule has 218 valence electrons. The first-order chi connectivity index (χ1) is 20.3. The lowest BCUT2D eigenvalue weighted by atomic mass is 10.0. The number of nitrogens with one attached hydrogen (secondary N) is 2. The Kier molecular flexibility index (Phi) is 10.3. The Morgan fingerprint density at radius 1 is 0.952 bits per heavy atom. The van der Waals surface area contributed by atoms with Crippen LogP contribution in [0.5, 0.6) is 5.75 Å². The van der Waals surface area contributed by atoms with Crippen molar-refractivity contribution in [3.8, 4) is 5.75 Å². The third kappa shape index (κ3) is 6.98. The minimum Gasteiger partial charge on any atom is -0.496 e. The fourth-order valence-corrected chi connectivity index (χ4v) is 5.21. The highest BCUT2D eigenvalue weighted by atomic mass is 79.9. The molecule has 2 atom stereocenters. The normalized spacial score (nSPS) is 12.3. The first kappa shape index (κ1) is 30.7. The monoisotopic (exact) mass is 630 g/mol. The number of benzene rings is 4. The molecule has 1 unspecified atom stereocenters. The van der Waals surface area contributed by atoms with Crippen molar-refractivity contribution in [3.05, 3.63) is 101 Å². The average molecular weight is 632 g/mol. The van der Waals surface area contributed by atoms with Crippen LogP contribution < -0.4 is 25.2 Å². The van der Waals surface area contributed by atoms with Gasteiger partial charge in [-0.25, -0.2) is 0 Å². The summed E-state index contributed by atoms with van der Waals surface area (Å²) < 4.78 is 6.64. The van der Waals surface area contributed by atoms with Gasteiger partial charge in [0.1, 0.15) is 5.75 Å². The summed E-state index contributed by atoms with van der Waals surface area (Å²) in [7, 11) is 3.32. The Hall–Kier alpha value is -4.21. The van der Waals surface area contributed by atoms with E-state index in [0.717, 1.165) is 27.2 Å². The van der Waals surface area contributed by atoms with E-state index in [9.17, 15) is 14.4 Å². The summed E-state index contributed by atoms with van der Waals surface area (Å²) in [5.41, 5.74) is 2.43. The van der Waals surface area contributed by atoms with Gasteiger partial charge in [0.05, 0.1) is 31.1 Å². The molecule has 2 N–H and O–H groups in total. The summed E-state index contributed by atoms with van der Waals surface area (Å²) in [6, 6.07) is 25.3. The van der Waals surface area contributed by atoms with Gasteiger partial charge in [-0.15, -0.1) is 0 Å². The number of hydrogen-bond donors (Lipinski definition) is 2. The molecule has 0 aliphatic rings. The topological polar surface area (TPSA) is 91.0 Å². The van der Waals surface area contributed by atoms with E-state index in [0.29, 0.717) is 22.7 Å². The van der Waals surface area contributed by atoms with Crippen LogP contribution >= 0.6 is 15.9 Å². The molecule has 4 aromatic carbocycles. The number of anilines is 2. The summed E-state index contributed by atoms with van der Waals surface area (Å²) in [6.07, 6.45) is 0.765. The van der Waals surface area contributed by atoms with Crippen molar-refractivity contribution >= 4 is 56.3 Å². The second-order valence-corrected chi connectivity index (χ2v) is 11.0. The molecule has 4 aromatic rings. The van der Waals surface area contributed by atoms with E-state index in [2.05, 4.69) is 26.6 Å². The maximum Gasteiger partial charge on any atom is 0.258 e. The maximum atomic E-state index is 14.0. The molecule has 0 radical (unpaired) electrons. The molecular formula is C33H35BrN4O4. The highest BCUT2D eigenvalue weighted by Gasteiger charge is 2.26. The predicted octanol–water partition coefficient (Wildman–Crippen LogP) is 5.53. The minimum absolute atomic E-state index is 0.172. The number of amides is 3. The number of para-hydroxylation sites is 2. The van der Waals surface area contributed by atoms with E-state index >= 15 is 0 Å². The number of rotatable bonds is 12. The number of ether oxygens (including phenoxy) is 1. The zero-order valence-corrected chi connectivity index (χ0v) is 25.7. The number of likely N-dealkylation sites (N-methyl/N-ethyl adjacent to an activating group) is 1. The summed E-state index contributed by atoms with van der Waals surface area (Å²) in [5.74, 6) is 0.236. The molecule has 0 saturated carbocycles. The highest BCUT2D eigenvalue weighted by molar-refractivity contribution is 9.10. The molecule has 0 aromatic heterocycles. The number of halogens is 1. The van der Waals surface area contributed by atoms with E-state index in [-0.39, 0.29) is 37.0 Å². The van der Waals surface area contributed by atoms with Crippen molar-refractivity contribution < 1.29 is 19.1 Å². The van der Waals surface area contributed by atoms with E-state index in [1.165, 1.54) is 0 Å². The van der Waals surface area contributed by atoms with Gasteiger partial charge < -0.3 is 25.2 Å². The Morgan fingerprint density at radius 3 is 2.31 bits per heavy atom. The number of methoxy groups -OCH3 is 1. The lowest BCUT2D eigenvalue weighted by molar-refractivity contribution is -0.123. The van der Waals surface area contributed by atoms with Gasteiger partial charge in [-0.2, -0.15) is 0 Å².